The lowest BCUT2D eigenvalue weighted by Crippen LogP contribution is -2.53. The van der Waals surface area contributed by atoms with E-state index in [1.165, 1.54) is 0 Å². The van der Waals surface area contributed by atoms with Crippen molar-refractivity contribution in [3.05, 3.63) is 16.3 Å². The van der Waals surface area contributed by atoms with Crippen LogP contribution in [0.2, 0.25) is 5.15 Å². The van der Waals surface area contributed by atoms with Gasteiger partial charge in [-0.05, 0) is 45.7 Å². The molecule has 1 saturated heterocycles. The molecule has 0 aromatic carbocycles. The molecule has 5 heteroatoms. The molecule has 1 aliphatic rings. The van der Waals surface area contributed by atoms with Crippen LogP contribution in [0.15, 0.2) is 0 Å². The van der Waals surface area contributed by atoms with Crippen molar-refractivity contribution >= 4 is 17.4 Å². The standard InChI is InChI=1S/C14H23ClN4/c1-10-11(2)13(17-16-12(10)15)18-6-8-19(9-7-18)14(3,4)5/h6-9H2,1-5H3. The molecular weight excluding hydrogens is 260 g/mol. The van der Waals surface area contributed by atoms with Gasteiger partial charge in [0.2, 0.25) is 0 Å². The summed E-state index contributed by atoms with van der Waals surface area (Å²) in [6.45, 7) is 15.0. The van der Waals surface area contributed by atoms with Crippen molar-refractivity contribution < 1.29 is 0 Å². The molecule has 0 unspecified atom stereocenters. The lowest BCUT2D eigenvalue weighted by molar-refractivity contribution is 0.128. The van der Waals surface area contributed by atoms with Gasteiger partial charge in [0.15, 0.2) is 11.0 Å². The molecule has 19 heavy (non-hydrogen) atoms. The van der Waals surface area contributed by atoms with E-state index >= 15 is 0 Å². The number of hydrogen-bond acceptors (Lipinski definition) is 4. The second-order valence-electron chi connectivity index (χ2n) is 6.21. The summed E-state index contributed by atoms with van der Waals surface area (Å²) in [7, 11) is 0. The summed E-state index contributed by atoms with van der Waals surface area (Å²) in [6.07, 6.45) is 0. The molecule has 0 radical (unpaired) electrons. The molecule has 0 bridgehead atoms. The van der Waals surface area contributed by atoms with Crippen LogP contribution >= 0.6 is 11.6 Å². The van der Waals surface area contributed by atoms with Crippen LogP contribution in [0.1, 0.15) is 31.9 Å². The van der Waals surface area contributed by atoms with Gasteiger partial charge in [-0.3, -0.25) is 4.90 Å². The molecule has 1 fully saturated rings. The minimum Gasteiger partial charge on any atom is -0.352 e. The van der Waals surface area contributed by atoms with E-state index in [9.17, 15) is 0 Å². The number of nitrogens with zero attached hydrogens (tertiary/aromatic N) is 4. The molecule has 1 aliphatic heterocycles. The summed E-state index contributed by atoms with van der Waals surface area (Å²) >= 11 is 6.01. The summed E-state index contributed by atoms with van der Waals surface area (Å²) in [5.74, 6) is 0.982. The van der Waals surface area contributed by atoms with Gasteiger partial charge < -0.3 is 4.90 Å². The Bertz CT molecular complexity index is 459. The molecule has 0 N–H and O–H groups in total. The SMILES string of the molecule is Cc1c(Cl)nnc(N2CCN(C(C)(C)C)CC2)c1C. The fourth-order valence-electron chi connectivity index (χ4n) is 2.45. The van der Waals surface area contributed by atoms with Crippen molar-refractivity contribution in [2.45, 2.75) is 40.2 Å². The summed E-state index contributed by atoms with van der Waals surface area (Å²) in [5, 5.41) is 8.83. The van der Waals surface area contributed by atoms with Crippen molar-refractivity contribution in [2.75, 3.05) is 31.1 Å². The van der Waals surface area contributed by atoms with Crippen LogP contribution < -0.4 is 4.90 Å². The van der Waals surface area contributed by atoms with Crippen LogP contribution in [0.5, 0.6) is 0 Å². The quantitative estimate of drug-likeness (QED) is 0.793. The highest BCUT2D eigenvalue weighted by atomic mass is 35.5. The van der Waals surface area contributed by atoms with Gasteiger partial charge in [0, 0.05) is 31.7 Å². The Morgan fingerprint density at radius 1 is 0.947 bits per heavy atom. The molecule has 106 valence electrons. The highest BCUT2D eigenvalue weighted by Gasteiger charge is 2.27. The molecule has 0 spiro atoms. The highest BCUT2D eigenvalue weighted by molar-refractivity contribution is 6.30. The zero-order valence-electron chi connectivity index (χ0n) is 12.5. The van der Waals surface area contributed by atoms with Gasteiger partial charge in [-0.15, -0.1) is 10.2 Å². The van der Waals surface area contributed by atoms with Crippen LogP contribution in [-0.2, 0) is 0 Å². The Labute approximate surface area is 120 Å². The predicted octanol–water partition coefficient (Wildman–Crippen LogP) is 2.67. The maximum atomic E-state index is 6.01. The van der Waals surface area contributed by atoms with Crippen LogP contribution in [0, 0.1) is 13.8 Å². The van der Waals surface area contributed by atoms with Gasteiger partial charge in [0.1, 0.15) is 0 Å². The number of anilines is 1. The van der Waals surface area contributed by atoms with Crippen molar-refractivity contribution in [3.8, 4) is 0 Å². The maximum absolute atomic E-state index is 6.01. The molecule has 1 aromatic heterocycles. The summed E-state index contributed by atoms with van der Waals surface area (Å²) in [4.78, 5) is 4.82. The van der Waals surface area contributed by atoms with E-state index in [4.69, 9.17) is 11.6 Å². The van der Waals surface area contributed by atoms with Gasteiger partial charge >= 0.3 is 0 Å². The lowest BCUT2D eigenvalue weighted by atomic mass is 10.0. The zero-order valence-corrected chi connectivity index (χ0v) is 13.3. The van der Waals surface area contributed by atoms with Gasteiger partial charge in [-0.2, -0.15) is 0 Å². The zero-order chi connectivity index (χ0) is 14.2. The van der Waals surface area contributed by atoms with E-state index in [0.29, 0.717) is 5.15 Å². The Kier molecular flexibility index (Phi) is 4.02. The molecule has 1 aromatic rings. The molecule has 0 atom stereocenters. The van der Waals surface area contributed by atoms with E-state index in [-0.39, 0.29) is 5.54 Å². The van der Waals surface area contributed by atoms with Gasteiger partial charge in [-0.1, -0.05) is 11.6 Å². The Balaban J connectivity index is 2.12. The summed E-state index contributed by atoms with van der Waals surface area (Å²) < 4.78 is 0. The van der Waals surface area contributed by atoms with E-state index in [1.807, 2.05) is 6.92 Å². The lowest BCUT2D eigenvalue weighted by Gasteiger charge is -2.42. The van der Waals surface area contributed by atoms with Crippen molar-refractivity contribution in [1.29, 1.82) is 0 Å². The monoisotopic (exact) mass is 282 g/mol. The van der Waals surface area contributed by atoms with Crippen molar-refractivity contribution in [2.24, 2.45) is 0 Å². The minimum absolute atomic E-state index is 0.239. The average Bonchev–Trinajstić information content (AvgIpc) is 2.35. The van der Waals surface area contributed by atoms with E-state index in [0.717, 1.165) is 43.1 Å². The fourth-order valence-corrected chi connectivity index (χ4v) is 2.63. The third kappa shape index (κ3) is 3.00. The van der Waals surface area contributed by atoms with Crippen LogP contribution in [0.25, 0.3) is 0 Å². The van der Waals surface area contributed by atoms with E-state index < -0.39 is 0 Å². The van der Waals surface area contributed by atoms with Crippen LogP contribution in [0.4, 0.5) is 5.82 Å². The second-order valence-corrected chi connectivity index (χ2v) is 6.57. The third-order valence-corrected chi connectivity index (χ3v) is 4.33. The Morgan fingerprint density at radius 2 is 1.53 bits per heavy atom. The topological polar surface area (TPSA) is 32.3 Å². The fraction of sp³-hybridized carbons (Fsp3) is 0.714. The molecule has 2 rings (SSSR count). The van der Waals surface area contributed by atoms with Crippen LogP contribution in [0.3, 0.4) is 0 Å². The number of hydrogen-bond donors (Lipinski definition) is 0. The van der Waals surface area contributed by atoms with Crippen LogP contribution in [-0.4, -0.2) is 46.8 Å². The van der Waals surface area contributed by atoms with Gasteiger partial charge in [-0.25, -0.2) is 0 Å². The number of aromatic nitrogens is 2. The Morgan fingerprint density at radius 3 is 2.05 bits per heavy atom. The second kappa shape index (κ2) is 5.25. The minimum atomic E-state index is 0.239. The first-order valence-corrected chi connectivity index (χ1v) is 7.18. The first-order chi connectivity index (χ1) is 8.80. The number of halogens is 1. The molecule has 0 aliphatic carbocycles. The van der Waals surface area contributed by atoms with E-state index in [2.05, 4.69) is 47.7 Å². The average molecular weight is 283 g/mol. The summed E-state index contributed by atoms with van der Waals surface area (Å²) in [5.41, 5.74) is 2.41. The number of piperazine rings is 1. The third-order valence-electron chi connectivity index (χ3n) is 3.97. The Hall–Kier alpha value is -0.870. The first kappa shape index (κ1) is 14.5. The molecule has 2 heterocycles. The first-order valence-electron chi connectivity index (χ1n) is 6.80. The molecular formula is C14H23ClN4. The highest BCUT2D eigenvalue weighted by Crippen LogP contribution is 2.25. The normalized spacial score (nSPS) is 17.9. The van der Waals surface area contributed by atoms with E-state index in [1.54, 1.807) is 0 Å². The van der Waals surface area contributed by atoms with Gasteiger partial charge in [0.25, 0.3) is 0 Å². The van der Waals surface area contributed by atoms with Crippen molar-refractivity contribution in [3.63, 3.8) is 0 Å². The number of rotatable bonds is 1. The molecule has 4 nitrogen and oxygen atoms in total. The molecule has 0 amide bonds. The van der Waals surface area contributed by atoms with Crippen molar-refractivity contribution in [1.82, 2.24) is 15.1 Å². The predicted molar refractivity (Wildman–Crippen MR) is 80.1 cm³/mol. The van der Waals surface area contributed by atoms with Gasteiger partial charge in [0.05, 0.1) is 0 Å². The smallest absolute Gasteiger partial charge is 0.155 e. The maximum Gasteiger partial charge on any atom is 0.155 e. The molecule has 0 saturated carbocycles. The largest absolute Gasteiger partial charge is 0.352 e. The summed E-state index contributed by atoms with van der Waals surface area (Å²) in [6, 6.07) is 0.